The Hall–Kier alpha value is -1.00. The molecule has 0 N–H and O–H groups in total. The van der Waals surface area contributed by atoms with Crippen molar-refractivity contribution >= 4 is 23.4 Å². The molecule has 0 radical (unpaired) electrons. The second kappa shape index (κ2) is 5.56. The van der Waals surface area contributed by atoms with E-state index in [1.807, 2.05) is 0 Å². The van der Waals surface area contributed by atoms with Crippen LogP contribution in [-0.2, 0) is 0 Å². The molecule has 2 aromatic rings. The van der Waals surface area contributed by atoms with Crippen molar-refractivity contribution in [3.05, 3.63) is 59.7 Å². The Morgan fingerprint density at radius 1 is 0.765 bits per heavy atom. The molecule has 0 aliphatic rings. The van der Waals surface area contributed by atoms with Gasteiger partial charge in [-0.25, -0.2) is 0 Å². The monoisotopic (exact) mass is 286 g/mol. The molecule has 0 nitrogen and oxygen atoms in total. The predicted molar refractivity (Wildman–Crippen MR) is 77.9 cm³/mol. The molecule has 88 valence electrons. The van der Waals surface area contributed by atoms with Crippen LogP contribution in [0.3, 0.4) is 0 Å². The molecule has 0 spiro atoms. The second-order valence-corrected chi connectivity index (χ2v) is 9.46. The number of rotatable bonds is 3. The summed E-state index contributed by atoms with van der Waals surface area (Å²) in [5.74, 6) is 0. The Balaban J connectivity index is 2.48. The normalized spacial score (nSPS) is 10.8. The molecule has 0 saturated carbocycles. The SMILES string of the molecule is CC[As](c1ccccc1C)c1ccccc1C. The van der Waals surface area contributed by atoms with Crippen molar-refractivity contribution in [2.45, 2.75) is 26.0 Å². The van der Waals surface area contributed by atoms with E-state index in [9.17, 15) is 0 Å². The summed E-state index contributed by atoms with van der Waals surface area (Å²) in [6.45, 7) is 6.81. The summed E-state index contributed by atoms with van der Waals surface area (Å²) in [4.78, 5) is 0. The Morgan fingerprint density at radius 2 is 1.18 bits per heavy atom. The Kier molecular flexibility index (Phi) is 4.07. The van der Waals surface area contributed by atoms with Crippen LogP contribution in [0.4, 0.5) is 0 Å². The molecular weight excluding hydrogens is 267 g/mol. The summed E-state index contributed by atoms with van der Waals surface area (Å²) in [6, 6.07) is 17.8. The zero-order valence-corrected chi connectivity index (χ0v) is 12.6. The van der Waals surface area contributed by atoms with Crippen LogP contribution in [0.2, 0.25) is 5.21 Å². The molecule has 0 aliphatic carbocycles. The zero-order valence-electron chi connectivity index (χ0n) is 10.8. The fraction of sp³-hybridized carbons (Fsp3) is 0.250. The van der Waals surface area contributed by atoms with Crippen LogP contribution in [0.15, 0.2) is 48.5 Å². The maximum atomic E-state index is 2.33. The third-order valence-corrected chi connectivity index (χ3v) is 9.00. The number of hydrogen-bond acceptors (Lipinski definition) is 0. The summed E-state index contributed by atoms with van der Waals surface area (Å²) < 4.78 is 3.22. The van der Waals surface area contributed by atoms with Gasteiger partial charge >= 0.3 is 109 Å². The topological polar surface area (TPSA) is 0 Å². The Morgan fingerprint density at radius 3 is 1.53 bits per heavy atom. The first kappa shape index (κ1) is 12.5. The molecule has 0 saturated heterocycles. The van der Waals surface area contributed by atoms with Crippen LogP contribution in [-0.4, -0.2) is 14.7 Å². The van der Waals surface area contributed by atoms with Gasteiger partial charge in [-0.2, -0.15) is 0 Å². The molecule has 0 amide bonds. The third kappa shape index (κ3) is 2.64. The van der Waals surface area contributed by atoms with E-state index in [1.165, 1.54) is 16.3 Å². The van der Waals surface area contributed by atoms with Crippen molar-refractivity contribution in [3.8, 4) is 0 Å². The van der Waals surface area contributed by atoms with Crippen LogP contribution >= 0.6 is 0 Å². The molecule has 0 aromatic heterocycles. The third-order valence-electron chi connectivity index (χ3n) is 3.13. The number of aryl methyl sites for hydroxylation is 2. The van der Waals surface area contributed by atoms with Gasteiger partial charge in [0, 0.05) is 0 Å². The van der Waals surface area contributed by atoms with Crippen molar-refractivity contribution in [2.24, 2.45) is 0 Å². The second-order valence-electron chi connectivity index (χ2n) is 4.32. The first-order valence-corrected chi connectivity index (χ1v) is 9.33. The van der Waals surface area contributed by atoms with Gasteiger partial charge in [-0.1, -0.05) is 0 Å². The fourth-order valence-corrected chi connectivity index (χ4v) is 7.39. The maximum absolute atomic E-state index is 2.33. The van der Waals surface area contributed by atoms with E-state index in [0.29, 0.717) is 0 Å². The van der Waals surface area contributed by atoms with Gasteiger partial charge < -0.3 is 0 Å². The van der Waals surface area contributed by atoms with Gasteiger partial charge in [-0.05, 0) is 0 Å². The van der Waals surface area contributed by atoms with Gasteiger partial charge in [0.15, 0.2) is 0 Å². The molecule has 0 bridgehead atoms. The van der Waals surface area contributed by atoms with Crippen LogP contribution in [0.1, 0.15) is 18.1 Å². The predicted octanol–water partition coefficient (Wildman–Crippen LogP) is 2.93. The average molecular weight is 286 g/mol. The Bertz CT molecular complexity index is 457. The van der Waals surface area contributed by atoms with Gasteiger partial charge in [-0.15, -0.1) is 0 Å². The first-order chi connectivity index (χ1) is 8.24. The summed E-state index contributed by atoms with van der Waals surface area (Å²) in [7, 11) is 0. The molecule has 17 heavy (non-hydrogen) atoms. The van der Waals surface area contributed by atoms with Gasteiger partial charge in [0.1, 0.15) is 0 Å². The Labute approximate surface area is 109 Å². The number of hydrogen-bond donors (Lipinski definition) is 0. The molecule has 0 heterocycles. The van der Waals surface area contributed by atoms with Gasteiger partial charge in [0.2, 0.25) is 0 Å². The minimum absolute atomic E-state index is 1.08. The molecule has 0 atom stereocenters. The van der Waals surface area contributed by atoms with Crippen molar-refractivity contribution in [1.82, 2.24) is 0 Å². The fourth-order valence-electron chi connectivity index (χ4n) is 2.20. The van der Waals surface area contributed by atoms with Crippen molar-refractivity contribution in [2.75, 3.05) is 0 Å². The minimum atomic E-state index is -1.08. The average Bonchev–Trinajstić information content (AvgIpc) is 2.34. The van der Waals surface area contributed by atoms with Crippen molar-refractivity contribution in [3.63, 3.8) is 0 Å². The summed E-state index contributed by atoms with van der Waals surface area (Å²) in [5, 5.41) is 1.29. The summed E-state index contributed by atoms with van der Waals surface area (Å²) in [6.07, 6.45) is 0. The standard InChI is InChI=1S/C16H19As/c1-4-17(15-11-7-5-9-13(15)2)16-12-8-6-10-14(16)3/h5-12H,4H2,1-3H3. The van der Waals surface area contributed by atoms with E-state index in [2.05, 4.69) is 69.3 Å². The van der Waals surface area contributed by atoms with Crippen LogP contribution < -0.4 is 8.70 Å². The van der Waals surface area contributed by atoms with Crippen molar-refractivity contribution < 1.29 is 0 Å². The van der Waals surface area contributed by atoms with E-state index in [4.69, 9.17) is 0 Å². The van der Waals surface area contributed by atoms with Crippen molar-refractivity contribution in [1.29, 1.82) is 0 Å². The van der Waals surface area contributed by atoms with E-state index >= 15 is 0 Å². The molecular formula is C16H19As. The molecule has 2 rings (SSSR count). The van der Waals surface area contributed by atoms with E-state index < -0.39 is 14.7 Å². The van der Waals surface area contributed by atoms with E-state index in [-0.39, 0.29) is 0 Å². The molecule has 0 unspecified atom stereocenters. The van der Waals surface area contributed by atoms with Crippen LogP contribution in [0.25, 0.3) is 0 Å². The molecule has 1 heteroatoms. The van der Waals surface area contributed by atoms with E-state index in [1.54, 1.807) is 8.70 Å². The summed E-state index contributed by atoms with van der Waals surface area (Å²) >= 11 is -1.08. The van der Waals surface area contributed by atoms with Gasteiger partial charge in [0.05, 0.1) is 0 Å². The zero-order chi connectivity index (χ0) is 12.3. The molecule has 0 fully saturated rings. The molecule has 2 aromatic carbocycles. The number of benzene rings is 2. The van der Waals surface area contributed by atoms with E-state index in [0.717, 1.165) is 0 Å². The summed E-state index contributed by atoms with van der Waals surface area (Å²) in [5.41, 5.74) is 2.91. The van der Waals surface area contributed by atoms with Gasteiger partial charge in [-0.3, -0.25) is 0 Å². The van der Waals surface area contributed by atoms with Gasteiger partial charge in [0.25, 0.3) is 0 Å². The molecule has 0 aliphatic heterocycles. The van der Waals surface area contributed by atoms with Crippen LogP contribution in [0, 0.1) is 13.8 Å². The first-order valence-electron chi connectivity index (χ1n) is 6.13. The quantitative estimate of drug-likeness (QED) is 0.761. The van der Waals surface area contributed by atoms with Crippen LogP contribution in [0.5, 0.6) is 0 Å².